The molecule has 1 aliphatic rings. The van der Waals surface area contributed by atoms with Gasteiger partial charge in [0.15, 0.2) is 0 Å². The second-order valence-electron chi connectivity index (χ2n) is 6.05. The molecule has 0 N–H and O–H groups in total. The third-order valence-electron chi connectivity index (χ3n) is 4.40. The van der Waals surface area contributed by atoms with Gasteiger partial charge in [-0.3, -0.25) is 4.90 Å². The molecule has 0 saturated carbocycles. The van der Waals surface area contributed by atoms with Gasteiger partial charge in [-0.05, 0) is 47.5 Å². The normalized spacial score (nSPS) is 17.8. The molecule has 0 aliphatic carbocycles. The number of benzene rings is 1. The van der Waals surface area contributed by atoms with Crippen LogP contribution in [0, 0.1) is 0 Å². The van der Waals surface area contributed by atoms with Crippen LogP contribution in [0.3, 0.4) is 0 Å². The van der Waals surface area contributed by atoms with Crippen molar-refractivity contribution in [3.63, 3.8) is 0 Å². The molecule has 0 amide bonds. The summed E-state index contributed by atoms with van der Waals surface area (Å²) in [5.74, 6) is 0. The van der Waals surface area contributed by atoms with Crippen LogP contribution in [0.2, 0.25) is 0 Å². The number of nitrogens with zero attached hydrogens (tertiary/aromatic N) is 4. The lowest BCUT2D eigenvalue weighted by Crippen LogP contribution is -2.35. The van der Waals surface area contributed by atoms with E-state index >= 15 is 0 Å². The Morgan fingerprint density at radius 3 is 2.84 bits per heavy atom. The van der Waals surface area contributed by atoms with Crippen molar-refractivity contribution in [2.45, 2.75) is 17.9 Å². The van der Waals surface area contributed by atoms with Crippen LogP contribution < -0.4 is 0 Å². The fourth-order valence-electron chi connectivity index (χ4n) is 3.12. The van der Waals surface area contributed by atoms with Gasteiger partial charge in [0.1, 0.15) is 15.9 Å². The first kappa shape index (κ1) is 17.0. The van der Waals surface area contributed by atoms with E-state index in [9.17, 15) is 8.42 Å². The van der Waals surface area contributed by atoms with Crippen molar-refractivity contribution < 1.29 is 8.42 Å². The highest BCUT2D eigenvalue weighted by molar-refractivity contribution is 7.89. The fourth-order valence-corrected chi connectivity index (χ4v) is 6.00. The van der Waals surface area contributed by atoms with Crippen LogP contribution in [0.5, 0.6) is 0 Å². The minimum absolute atomic E-state index is 0.269. The summed E-state index contributed by atoms with van der Waals surface area (Å²) < 4.78 is 36.2. The van der Waals surface area contributed by atoms with Crippen molar-refractivity contribution in [1.29, 1.82) is 0 Å². The van der Waals surface area contributed by atoms with Gasteiger partial charge in [0, 0.05) is 26.2 Å². The highest BCUT2D eigenvalue weighted by Crippen LogP contribution is 2.25. The van der Waals surface area contributed by atoms with Crippen molar-refractivity contribution in [3.05, 3.63) is 40.6 Å². The number of hydrogen-bond acceptors (Lipinski definition) is 7. The van der Waals surface area contributed by atoms with E-state index in [2.05, 4.69) is 30.5 Å². The van der Waals surface area contributed by atoms with Crippen molar-refractivity contribution in [2.75, 3.05) is 26.2 Å². The van der Waals surface area contributed by atoms with Crippen LogP contribution in [0.1, 0.15) is 12.0 Å². The number of sulfonamides is 1. The highest BCUT2D eigenvalue weighted by Gasteiger charge is 2.29. The number of aromatic nitrogens is 2. The zero-order chi connectivity index (χ0) is 17.3. The first-order valence-electron chi connectivity index (χ1n) is 8.09. The molecule has 9 heteroatoms. The Labute approximate surface area is 155 Å². The van der Waals surface area contributed by atoms with Gasteiger partial charge in [-0.1, -0.05) is 6.07 Å². The summed E-state index contributed by atoms with van der Waals surface area (Å²) in [7, 11) is -3.55. The molecule has 1 saturated heterocycles. The average molecular weight is 395 g/mol. The van der Waals surface area contributed by atoms with E-state index < -0.39 is 10.0 Å². The molecule has 3 aromatic rings. The van der Waals surface area contributed by atoms with E-state index in [1.165, 1.54) is 5.56 Å². The molecular weight excluding hydrogens is 376 g/mol. The van der Waals surface area contributed by atoms with Crippen LogP contribution in [0.25, 0.3) is 11.0 Å². The topological polar surface area (TPSA) is 66.4 Å². The number of thiophene rings is 1. The zero-order valence-electron chi connectivity index (χ0n) is 13.5. The van der Waals surface area contributed by atoms with Gasteiger partial charge in [-0.15, -0.1) is 0 Å². The van der Waals surface area contributed by atoms with E-state index in [1.807, 2.05) is 0 Å². The van der Waals surface area contributed by atoms with Gasteiger partial charge in [0.05, 0.1) is 11.7 Å². The lowest BCUT2D eigenvalue weighted by molar-refractivity contribution is 0.279. The molecule has 132 valence electrons. The quantitative estimate of drug-likeness (QED) is 0.681. The average Bonchev–Trinajstić information content (AvgIpc) is 3.22. The summed E-state index contributed by atoms with van der Waals surface area (Å²) in [5.41, 5.74) is 2.41. The summed E-state index contributed by atoms with van der Waals surface area (Å²) in [4.78, 5) is 2.59. The molecule has 0 radical (unpaired) electrons. The van der Waals surface area contributed by atoms with Gasteiger partial charge in [0.25, 0.3) is 0 Å². The highest BCUT2D eigenvalue weighted by atomic mass is 32.2. The maximum Gasteiger partial charge on any atom is 0.245 e. The minimum atomic E-state index is -3.55. The number of fused-ring (bicyclic) bond motifs is 1. The standard InChI is InChI=1S/C16H18N4O2S3/c21-25(22,15-4-1-3-14-16(15)18-24-17-14)20-7-2-6-19(8-9-20)11-13-5-10-23-12-13/h1,3-5,10,12H,2,6-9,11H2. The zero-order valence-corrected chi connectivity index (χ0v) is 16.0. The van der Waals surface area contributed by atoms with Crippen molar-refractivity contribution in [2.24, 2.45) is 0 Å². The van der Waals surface area contributed by atoms with Gasteiger partial charge in [0.2, 0.25) is 10.0 Å². The predicted octanol–water partition coefficient (Wildman–Crippen LogP) is 2.65. The Hall–Kier alpha value is -1.39. The molecule has 0 bridgehead atoms. The second kappa shape index (κ2) is 7.08. The molecule has 3 heterocycles. The monoisotopic (exact) mass is 394 g/mol. The van der Waals surface area contributed by atoms with Gasteiger partial charge in [-0.25, -0.2) is 8.42 Å². The first-order valence-corrected chi connectivity index (χ1v) is 11.2. The SMILES string of the molecule is O=S(=O)(c1cccc2nsnc12)N1CCCN(Cc2ccsc2)CC1. The Morgan fingerprint density at radius 1 is 1.08 bits per heavy atom. The molecule has 25 heavy (non-hydrogen) atoms. The Balaban J connectivity index is 1.54. The molecule has 0 spiro atoms. The number of hydrogen-bond donors (Lipinski definition) is 0. The molecule has 0 atom stereocenters. The number of rotatable bonds is 4. The smallest absolute Gasteiger partial charge is 0.245 e. The molecule has 1 fully saturated rings. The summed E-state index contributed by atoms with van der Waals surface area (Å²) in [5, 5.41) is 4.22. The lowest BCUT2D eigenvalue weighted by atomic mass is 10.3. The van der Waals surface area contributed by atoms with E-state index in [0.717, 1.165) is 37.8 Å². The molecular formula is C16H18N4O2S3. The van der Waals surface area contributed by atoms with Crippen LogP contribution in [-0.2, 0) is 16.6 Å². The maximum atomic E-state index is 13.1. The van der Waals surface area contributed by atoms with Crippen LogP contribution in [-0.4, -0.2) is 52.5 Å². The van der Waals surface area contributed by atoms with Crippen LogP contribution >= 0.6 is 23.1 Å². The molecule has 2 aromatic heterocycles. The molecule has 6 nitrogen and oxygen atoms in total. The molecule has 0 unspecified atom stereocenters. The maximum absolute atomic E-state index is 13.1. The Bertz CT molecular complexity index is 953. The minimum Gasteiger partial charge on any atom is -0.298 e. The Morgan fingerprint density at radius 2 is 2.00 bits per heavy atom. The van der Waals surface area contributed by atoms with Crippen molar-refractivity contribution in [1.82, 2.24) is 18.0 Å². The summed E-state index contributed by atoms with van der Waals surface area (Å²) >= 11 is 2.74. The molecule has 1 aliphatic heterocycles. The van der Waals surface area contributed by atoms with Gasteiger partial charge >= 0.3 is 0 Å². The molecule has 4 rings (SSSR count). The summed E-state index contributed by atoms with van der Waals surface area (Å²) in [6.07, 6.45) is 0.828. The largest absolute Gasteiger partial charge is 0.298 e. The van der Waals surface area contributed by atoms with Gasteiger partial charge in [-0.2, -0.15) is 24.4 Å². The van der Waals surface area contributed by atoms with E-state index in [0.29, 0.717) is 24.1 Å². The van der Waals surface area contributed by atoms with Crippen molar-refractivity contribution >= 4 is 44.1 Å². The van der Waals surface area contributed by atoms with Crippen LogP contribution in [0.15, 0.2) is 39.9 Å². The van der Waals surface area contributed by atoms with Gasteiger partial charge < -0.3 is 0 Å². The summed E-state index contributed by atoms with van der Waals surface area (Å²) in [6.45, 7) is 3.56. The first-order chi connectivity index (χ1) is 12.1. The van der Waals surface area contributed by atoms with Crippen LogP contribution in [0.4, 0.5) is 0 Å². The second-order valence-corrected chi connectivity index (χ2v) is 9.27. The van der Waals surface area contributed by atoms with E-state index in [-0.39, 0.29) is 4.90 Å². The predicted molar refractivity (Wildman–Crippen MR) is 100 cm³/mol. The van der Waals surface area contributed by atoms with E-state index in [1.54, 1.807) is 33.8 Å². The summed E-state index contributed by atoms with van der Waals surface area (Å²) in [6, 6.07) is 7.28. The van der Waals surface area contributed by atoms with Crippen molar-refractivity contribution in [3.8, 4) is 0 Å². The fraction of sp³-hybridized carbons (Fsp3) is 0.375. The van der Waals surface area contributed by atoms with E-state index in [4.69, 9.17) is 0 Å². The lowest BCUT2D eigenvalue weighted by Gasteiger charge is -2.21. The Kier molecular flexibility index (Phi) is 4.83. The third-order valence-corrected chi connectivity index (χ3v) is 7.61. The third kappa shape index (κ3) is 3.47. The molecule has 1 aromatic carbocycles.